The summed E-state index contributed by atoms with van der Waals surface area (Å²) < 4.78 is 18.7. The lowest BCUT2D eigenvalue weighted by atomic mass is 9.78. The lowest BCUT2D eigenvalue weighted by Gasteiger charge is -2.42. The zero-order valence-electron chi connectivity index (χ0n) is 14.7. The van der Waals surface area contributed by atoms with E-state index in [9.17, 15) is 14.0 Å². The van der Waals surface area contributed by atoms with Crippen molar-refractivity contribution < 1.29 is 18.7 Å². The highest BCUT2D eigenvalue weighted by molar-refractivity contribution is 5.79. The largest absolute Gasteiger partial charge is 0.379 e. The lowest BCUT2D eigenvalue weighted by molar-refractivity contribution is -0.135. The van der Waals surface area contributed by atoms with Crippen molar-refractivity contribution in [3.63, 3.8) is 0 Å². The van der Waals surface area contributed by atoms with Crippen LogP contribution in [0.2, 0.25) is 0 Å². The molecule has 0 unspecified atom stereocenters. The van der Waals surface area contributed by atoms with Crippen LogP contribution >= 0.6 is 0 Å². The van der Waals surface area contributed by atoms with Crippen LogP contribution in [-0.4, -0.2) is 61.0 Å². The molecule has 1 spiro atoms. The van der Waals surface area contributed by atoms with Crippen LogP contribution in [-0.2, 0) is 20.7 Å². The molecule has 2 aliphatic heterocycles. The molecule has 2 saturated heterocycles. The number of ether oxygens (including phenoxy) is 1. The van der Waals surface area contributed by atoms with Crippen LogP contribution in [0.4, 0.5) is 4.39 Å². The molecule has 25 heavy (non-hydrogen) atoms. The van der Waals surface area contributed by atoms with E-state index in [-0.39, 0.29) is 23.0 Å². The van der Waals surface area contributed by atoms with Crippen molar-refractivity contribution in [2.24, 2.45) is 5.41 Å². The Hall–Kier alpha value is -1.95. The molecule has 0 bridgehead atoms. The Labute approximate surface area is 147 Å². The fourth-order valence-electron chi connectivity index (χ4n) is 3.68. The highest BCUT2D eigenvalue weighted by Crippen LogP contribution is 2.34. The van der Waals surface area contributed by atoms with Crippen molar-refractivity contribution in [3.05, 3.63) is 35.6 Å². The molecule has 1 aromatic rings. The SMILES string of the molecule is CC(=O)N1CCOCC2(CCN(C(=O)Cc3ccc(F)cc3)CC2)C1. The summed E-state index contributed by atoms with van der Waals surface area (Å²) in [5.74, 6) is -0.140. The third-order valence-corrected chi connectivity index (χ3v) is 5.33. The Bertz CT molecular complexity index is 624. The van der Waals surface area contributed by atoms with Gasteiger partial charge in [-0.2, -0.15) is 0 Å². The van der Waals surface area contributed by atoms with E-state index in [1.165, 1.54) is 12.1 Å². The predicted octanol–water partition coefficient (Wildman–Crippen LogP) is 1.86. The number of halogens is 1. The molecular formula is C19H25FN2O3. The Morgan fingerprint density at radius 2 is 1.80 bits per heavy atom. The molecule has 0 saturated carbocycles. The zero-order valence-corrected chi connectivity index (χ0v) is 14.7. The maximum atomic E-state index is 13.0. The molecule has 6 heteroatoms. The summed E-state index contributed by atoms with van der Waals surface area (Å²) in [5, 5.41) is 0. The number of nitrogens with zero attached hydrogens (tertiary/aromatic N) is 2. The van der Waals surface area contributed by atoms with Gasteiger partial charge in [0.05, 0.1) is 19.6 Å². The first kappa shape index (κ1) is 17.9. The van der Waals surface area contributed by atoms with Gasteiger partial charge in [-0.25, -0.2) is 4.39 Å². The highest BCUT2D eigenvalue weighted by atomic mass is 19.1. The van der Waals surface area contributed by atoms with Crippen LogP contribution < -0.4 is 0 Å². The van der Waals surface area contributed by atoms with Crippen LogP contribution in [0.5, 0.6) is 0 Å². The minimum Gasteiger partial charge on any atom is -0.379 e. The molecule has 1 aromatic carbocycles. The van der Waals surface area contributed by atoms with Crippen LogP contribution in [0.15, 0.2) is 24.3 Å². The summed E-state index contributed by atoms with van der Waals surface area (Å²) in [4.78, 5) is 28.0. The topological polar surface area (TPSA) is 49.9 Å². The van der Waals surface area contributed by atoms with Gasteiger partial charge in [0.1, 0.15) is 5.82 Å². The number of carbonyl (C=O) groups is 2. The number of rotatable bonds is 2. The smallest absolute Gasteiger partial charge is 0.226 e. The quantitative estimate of drug-likeness (QED) is 0.820. The lowest BCUT2D eigenvalue weighted by Crippen LogP contribution is -2.49. The second-order valence-corrected chi connectivity index (χ2v) is 7.18. The minimum atomic E-state index is -0.292. The molecule has 0 aromatic heterocycles. The first-order valence-electron chi connectivity index (χ1n) is 8.83. The second kappa shape index (κ2) is 7.52. The molecule has 5 nitrogen and oxygen atoms in total. The van der Waals surface area contributed by atoms with Gasteiger partial charge < -0.3 is 14.5 Å². The van der Waals surface area contributed by atoms with Crippen LogP contribution in [0.25, 0.3) is 0 Å². The van der Waals surface area contributed by atoms with Gasteiger partial charge in [0.15, 0.2) is 0 Å². The van der Waals surface area contributed by atoms with E-state index in [1.54, 1.807) is 19.1 Å². The average molecular weight is 348 g/mol. The number of piperidine rings is 1. The number of carbonyl (C=O) groups excluding carboxylic acids is 2. The third kappa shape index (κ3) is 4.37. The van der Waals surface area contributed by atoms with E-state index in [0.717, 1.165) is 18.4 Å². The van der Waals surface area contributed by atoms with Crippen molar-refractivity contribution in [1.82, 2.24) is 9.80 Å². The molecule has 0 aliphatic carbocycles. The van der Waals surface area contributed by atoms with E-state index in [0.29, 0.717) is 45.8 Å². The Morgan fingerprint density at radius 1 is 1.12 bits per heavy atom. The summed E-state index contributed by atoms with van der Waals surface area (Å²) in [5.41, 5.74) is 0.779. The molecule has 0 atom stereocenters. The monoisotopic (exact) mass is 348 g/mol. The third-order valence-electron chi connectivity index (χ3n) is 5.33. The van der Waals surface area contributed by atoms with Gasteiger partial charge in [-0.05, 0) is 30.5 Å². The molecule has 0 N–H and O–H groups in total. The molecule has 2 amide bonds. The van der Waals surface area contributed by atoms with E-state index >= 15 is 0 Å². The van der Waals surface area contributed by atoms with Crippen molar-refractivity contribution in [2.45, 2.75) is 26.2 Å². The van der Waals surface area contributed by atoms with E-state index < -0.39 is 0 Å². The number of amides is 2. The number of benzene rings is 1. The highest BCUT2D eigenvalue weighted by Gasteiger charge is 2.39. The summed E-state index contributed by atoms with van der Waals surface area (Å²) in [6.07, 6.45) is 1.97. The summed E-state index contributed by atoms with van der Waals surface area (Å²) in [6, 6.07) is 6.07. The first-order chi connectivity index (χ1) is 12.0. The molecule has 0 radical (unpaired) electrons. The summed E-state index contributed by atoms with van der Waals surface area (Å²) >= 11 is 0. The van der Waals surface area contributed by atoms with E-state index in [4.69, 9.17) is 4.74 Å². The number of hydrogen-bond acceptors (Lipinski definition) is 3. The van der Waals surface area contributed by atoms with Crippen molar-refractivity contribution in [2.75, 3.05) is 39.4 Å². The molecule has 2 fully saturated rings. The van der Waals surface area contributed by atoms with E-state index in [1.807, 2.05) is 9.80 Å². The molecule has 2 aliphatic rings. The summed E-state index contributed by atoms with van der Waals surface area (Å²) in [6.45, 7) is 5.53. The van der Waals surface area contributed by atoms with Gasteiger partial charge in [0.2, 0.25) is 11.8 Å². The molecular weight excluding hydrogens is 323 g/mol. The Kier molecular flexibility index (Phi) is 5.37. The summed E-state index contributed by atoms with van der Waals surface area (Å²) in [7, 11) is 0. The number of likely N-dealkylation sites (tertiary alicyclic amines) is 1. The van der Waals surface area contributed by atoms with Gasteiger partial charge in [0, 0.05) is 38.5 Å². The fraction of sp³-hybridized carbons (Fsp3) is 0.579. The van der Waals surface area contributed by atoms with Gasteiger partial charge >= 0.3 is 0 Å². The number of hydrogen-bond donors (Lipinski definition) is 0. The Morgan fingerprint density at radius 3 is 2.44 bits per heavy atom. The van der Waals surface area contributed by atoms with Crippen LogP contribution in [0.1, 0.15) is 25.3 Å². The van der Waals surface area contributed by atoms with Crippen molar-refractivity contribution in [1.29, 1.82) is 0 Å². The average Bonchev–Trinajstić information content (AvgIpc) is 2.80. The van der Waals surface area contributed by atoms with Gasteiger partial charge in [-0.1, -0.05) is 12.1 Å². The Balaban J connectivity index is 1.57. The fourth-order valence-corrected chi connectivity index (χ4v) is 3.68. The van der Waals surface area contributed by atoms with Crippen LogP contribution in [0.3, 0.4) is 0 Å². The second-order valence-electron chi connectivity index (χ2n) is 7.18. The van der Waals surface area contributed by atoms with E-state index in [2.05, 4.69) is 0 Å². The predicted molar refractivity (Wildman–Crippen MR) is 91.4 cm³/mol. The van der Waals surface area contributed by atoms with Crippen LogP contribution in [0, 0.1) is 11.2 Å². The molecule has 136 valence electrons. The van der Waals surface area contributed by atoms with Gasteiger partial charge in [-0.3, -0.25) is 9.59 Å². The standard InChI is InChI=1S/C19H25FN2O3/c1-15(23)22-10-11-25-14-19(13-22)6-8-21(9-7-19)18(24)12-16-2-4-17(20)5-3-16/h2-5H,6-14H2,1H3. The zero-order chi connectivity index (χ0) is 17.9. The van der Waals surface area contributed by atoms with Crippen molar-refractivity contribution >= 4 is 11.8 Å². The van der Waals surface area contributed by atoms with Gasteiger partial charge in [-0.15, -0.1) is 0 Å². The minimum absolute atomic E-state index is 0.0468. The molecule has 3 rings (SSSR count). The van der Waals surface area contributed by atoms with Crippen molar-refractivity contribution in [3.8, 4) is 0 Å². The normalized spacial score (nSPS) is 20.4. The van der Waals surface area contributed by atoms with Gasteiger partial charge in [0.25, 0.3) is 0 Å². The first-order valence-corrected chi connectivity index (χ1v) is 8.83. The molecule has 2 heterocycles. The maximum absolute atomic E-state index is 13.0. The maximum Gasteiger partial charge on any atom is 0.226 e.